The number of rotatable bonds is 3. The maximum Gasteiger partial charge on any atom is 0.252 e. The average molecular weight is 754 g/mol. The molecular formula is C53H37B2N3O. The zero-order valence-corrected chi connectivity index (χ0v) is 32.8. The summed E-state index contributed by atoms with van der Waals surface area (Å²) in [6, 6.07) is 66.8. The van der Waals surface area contributed by atoms with Crippen LogP contribution in [-0.2, 0) is 5.41 Å². The van der Waals surface area contributed by atoms with Crippen LogP contribution in [0.5, 0.6) is 5.75 Å². The second-order valence-corrected chi connectivity index (χ2v) is 16.9. The summed E-state index contributed by atoms with van der Waals surface area (Å²) in [5, 5.41) is 3.93. The van der Waals surface area contributed by atoms with Gasteiger partial charge in [0, 0.05) is 56.5 Å². The van der Waals surface area contributed by atoms with E-state index in [1.807, 2.05) is 0 Å². The lowest BCUT2D eigenvalue weighted by atomic mass is 9.29. The fourth-order valence-electron chi connectivity index (χ4n) is 11.0. The maximum atomic E-state index is 7.10. The number of nitrogens with zero attached hydrogens (tertiary/aromatic N) is 2. The van der Waals surface area contributed by atoms with E-state index < -0.39 is 0 Å². The Balaban J connectivity index is 1.15. The summed E-state index contributed by atoms with van der Waals surface area (Å²) in [5.74, 6) is 1.94. The summed E-state index contributed by atoms with van der Waals surface area (Å²) in [7, 11) is 0. The first-order chi connectivity index (χ1) is 29.0. The second-order valence-electron chi connectivity index (χ2n) is 16.9. The van der Waals surface area contributed by atoms with Crippen molar-refractivity contribution in [2.45, 2.75) is 19.3 Å². The quantitative estimate of drug-likeness (QED) is 0.182. The molecule has 0 saturated carbocycles. The van der Waals surface area contributed by atoms with Crippen molar-refractivity contribution in [3.63, 3.8) is 0 Å². The van der Waals surface area contributed by atoms with Crippen molar-refractivity contribution < 1.29 is 4.74 Å². The fourth-order valence-corrected chi connectivity index (χ4v) is 11.0. The highest BCUT2D eigenvalue weighted by Gasteiger charge is 2.53. The Morgan fingerprint density at radius 3 is 1.88 bits per heavy atom. The van der Waals surface area contributed by atoms with Gasteiger partial charge in [0.2, 0.25) is 0 Å². The Hall–Kier alpha value is -7.17. The van der Waals surface area contributed by atoms with Crippen LogP contribution in [0.1, 0.15) is 25.0 Å². The first-order valence-corrected chi connectivity index (χ1v) is 20.7. The highest BCUT2D eigenvalue weighted by molar-refractivity contribution is 7.01. The third kappa shape index (κ3) is 4.46. The third-order valence-corrected chi connectivity index (χ3v) is 13.5. The minimum Gasteiger partial charge on any atom is -0.458 e. The molecule has 0 atom stereocenters. The number of allylic oxidation sites excluding steroid dienone is 1. The molecule has 59 heavy (non-hydrogen) atoms. The molecule has 0 spiro atoms. The van der Waals surface area contributed by atoms with E-state index in [9.17, 15) is 0 Å². The van der Waals surface area contributed by atoms with Crippen molar-refractivity contribution in [3.8, 4) is 16.9 Å². The molecule has 0 bridgehead atoms. The number of hydrogen-bond donors (Lipinski definition) is 1. The van der Waals surface area contributed by atoms with E-state index in [4.69, 9.17) is 4.74 Å². The smallest absolute Gasteiger partial charge is 0.252 e. The molecule has 0 fully saturated rings. The zero-order valence-electron chi connectivity index (χ0n) is 32.8. The van der Waals surface area contributed by atoms with Crippen LogP contribution >= 0.6 is 0 Å². The van der Waals surface area contributed by atoms with Gasteiger partial charge in [0.15, 0.2) is 0 Å². The van der Waals surface area contributed by atoms with Gasteiger partial charge in [-0.25, -0.2) is 0 Å². The molecule has 5 aliphatic rings. The molecule has 0 amide bonds. The Morgan fingerprint density at radius 1 is 0.475 bits per heavy atom. The summed E-state index contributed by atoms with van der Waals surface area (Å²) in [5.41, 5.74) is 21.7. The molecule has 0 radical (unpaired) electrons. The Labute approximate surface area is 345 Å². The van der Waals surface area contributed by atoms with Crippen molar-refractivity contribution in [1.82, 2.24) is 0 Å². The Morgan fingerprint density at radius 2 is 1.12 bits per heavy atom. The summed E-state index contributed by atoms with van der Waals surface area (Å²) in [4.78, 5) is 5.00. The molecular weight excluding hydrogens is 716 g/mol. The summed E-state index contributed by atoms with van der Waals surface area (Å²) in [6.07, 6.45) is 0. The van der Waals surface area contributed by atoms with Crippen molar-refractivity contribution in [3.05, 3.63) is 199 Å². The fraction of sp³-hybridized carbons (Fsp3) is 0.0566. The Bertz CT molecular complexity index is 3110. The van der Waals surface area contributed by atoms with Crippen LogP contribution < -0.4 is 47.2 Å². The van der Waals surface area contributed by atoms with Crippen molar-refractivity contribution in [2.24, 2.45) is 0 Å². The van der Waals surface area contributed by atoms with Crippen molar-refractivity contribution >= 4 is 92.0 Å². The minimum absolute atomic E-state index is 0.00595. The van der Waals surface area contributed by atoms with E-state index in [0.717, 1.165) is 39.9 Å². The summed E-state index contributed by atoms with van der Waals surface area (Å²) in [6.45, 7) is 4.77. The van der Waals surface area contributed by atoms with Gasteiger partial charge >= 0.3 is 0 Å². The normalized spacial score (nSPS) is 15.5. The average Bonchev–Trinajstić information content (AvgIpc) is 3.51. The molecule has 1 N–H and O–H groups in total. The minimum atomic E-state index is -0.255. The summed E-state index contributed by atoms with van der Waals surface area (Å²) < 4.78 is 7.10. The van der Waals surface area contributed by atoms with Gasteiger partial charge in [-0.05, 0) is 110 Å². The lowest BCUT2D eigenvalue weighted by Crippen LogP contribution is -2.63. The Kier molecular flexibility index (Phi) is 6.65. The SMILES string of the molecule is CC1(C)C2=C(Oc3cccc4c3B2c2cc3c(cc2N4c2ccccc2)N(c2ccccc2)c2cc(-c4ccccc4)cc4c2B3c2ccccc2N4)c2ccccc21. The lowest BCUT2D eigenvalue weighted by molar-refractivity contribution is 0.511. The highest BCUT2D eigenvalue weighted by atomic mass is 16.5. The number of nitrogens with one attached hydrogen (secondary N) is 1. The van der Waals surface area contributed by atoms with E-state index in [1.165, 1.54) is 72.1 Å². The lowest BCUT2D eigenvalue weighted by Gasteiger charge is -2.45. The van der Waals surface area contributed by atoms with Gasteiger partial charge in [0.25, 0.3) is 13.4 Å². The molecule has 276 valence electrons. The highest BCUT2D eigenvalue weighted by Crippen LogP contribution is 2.53. The van der Waals surface area contributed by atoms with Crippen molar-refractivity contribution in [2.75, 3.05) is 15.1 Å². The van der Waals surface area contributed by atoms with Crippen LogP contribution in [0.2, 0.25) is 0 Å². The molecule has 8 aromatic carbocycles. The number of hydrogen-bond acceptors (Lipinski definition) is 4. The largest absolute Gasteiger partial charge is 0.458 e. The maximum absolute atomic E-state index is 7.10. The van der Waals surface area contributed by atoms with Crippen LogP contribution in [0.3, 0.4) is 0 Å². The number of ether oxygens (including phenoxy) is 1. The molecule has 0 unspecified atom stereocenters. The van der Waals surface area contributed by atoms with Gasteiger partial charge in [-0.1, -0.05) is 135 Å². The molecule has 8 aromatic rings. The molecule has 4 aliphatic heterocycles. The van der Waals surface area contributed by atoms with E-state index >= 15 is 0 Å². The van der Waals surface area contributed by atoms with Gasteiger partial charge in [-0.15, -0.1) is 0 Å². The molecule has 4 heterocycles. The van der Waals surface area contributed by atoms with E-state index in [1.54, 1.807) is 0 Å². The van der Waals surface area contributed by atoms with E-state index in [0.29, 0.717) is 0 Å². The molecule has 6 heteroatoms. The van der Waals surface area contributed by atoms with Crippen LogP contribution in [0, 0.1) is 0 Å². The van der Waals surface area contributed by atoms with Gasteiger partial charge < -0.3 is 19.9 Å². The van der Waals surface area contributed by atoms with Crippen LogP contribution in [0.4, 0.5) is 45.5 Å². The molecule has 4 nitrogen and oxygen atoms in total. The number of fused-ring (bicyclic) bond motifs is 9. The second kappa shape index (κ2) is 11.9. The zero-order chi connectivity index (χ0) is 39.0. The van der Waals surface area contributed by atoms with E-state index in [-0.39, 0.29) is 18.8 Å². The molecule has 0 saturated heterocycles. The first-order valence-electron chi connectivity index (χ1n) is 20.7. The number of benzene rings is 8. The predicted octanol–water partition coefficient (Wildman–Crippen LogP) is 9.74. The molecule has 13 rings (SSSR count). The van der Waals surface area contributed by atoms with Crippen LogP contribution in [0.15, 0.2) is 187 Å². The van der Waals surface area contributed by atoms with Gasteiger partial charge in [0.05, 0.1) is 0 Å². The van der Waals surface area contributed by atoms with Gasteiger partial charge in [-0.3, -0.25) is 0 Å². The number of anilines is 8. The number of para-hydroxylation sites is 3. The standard InChI is InChI=1S/C53H37B2N3O/c1-53(2)38-24-13-12-23-37(38)51-52(53)55-41-31-40-45(32-46(41)57(35-19-8-4-9-20-35)44-27-16-28-48(59-51)50(44)55)58(36-21-10-5-11-22-36)47-30-34(33-17-6-3-7-18-33)29-43-49(47)54(40)39-25-14-15-26-42(39)56-43/h3-32,56H,1-2H3. The van der Waals surface area contributed by atoms with Crippen LogP contribution in [-0.4, -0.2) is 13.4 Å². The van der Waals surface area contributed by atoms with Crippen LogP contribution in [0.25, 0.3) is 16.9 Å². The molecule has 1 aliphatic carbocycles. The summed E-state index contributed by atoms with van der Waals surface area (Å²) >= 11 is 0. The topological polar surface area (TPSA) is 27.7 Å². The first kappa shape index (κ1) is 32.9. The van der Waals surface area contributed by atoms with Gasteiger partial charge in [0.1, 0.15) is 11.5 Å². The van der Waals surface area contributed by atoms with Crippen molar-refractivity contribution in [1.29, 1.82) is 0 Å². The molecule has 0 aromatic heterocycles. The third-order valence-electron chi connectivity index (χ3n) is 13.5. The monoisotopic (exact) mass is 753 g/mol. The van der Waals surface area contributed by atoms with Gasteiger partial charge in [-0.2, -0.15) is 0 Å². The van der Waals surface area contributed by atoms with E-state index in [2.05, 4.69) is 211 Å². The predicted molar refractivity (Wildman–Crippen MR) is 248 cm³/mol.